The van der Waals surface area contributed by atoms with Crippen molar-refractivity contribution in [3.8, 4) is 11.3 Å². The first-order valence-corrected chi connectivity index (χ1v) is 7.47. The Labute approximate surface area is 130 Å². The van der Waals surface area contributed by atoms with Crippen LogP contribution in [0.5, 0.6) is 0 Å². The fourth-order valence-corrected chi connectivity index (χ4v) is 2.27. The third-order valence-corrected chi connectivity index (χ3v) is 3.38. The van der Waals surface area contributed by atoms with E-state index in [0.29, 0.717) is 13.1 Å². The van der Waals surface area contributed by atoms with E-state index in [9.17, 15) is 0 Å². The Hall–Kier alpha value is -2.53. The summed E-state index contributed by atoms with van der Waals surface area (Å²) in [5.41, 5.74) is 4.02. The van der Waals surface area contributed by atoms with E-state index in [1.807, 2.05) is 43.3 Å². The summed E-state index contributed by atoms with van der Waals surface area (Å²) < 4.78 is 0. The zero-order chi connectivity index (χ0) is 15.2. The van der Waals surface area contributed by atoms with Crippen molar-refractivity contribution < 1.29 is 0 Å². The van der Waals surface area contributed by atoms with Crippen LogP contribution in [0.25, 0.3) is 11.3 Å². The molecule has 0 saturated heterocycles. The minimum atomic E-state index is 0.667. The van der Waals surface area contributed by atoms with Crippen molar-refractivity contribution in [2.24, 2.45) is 0 Å². The van der Waals surface area contributed by atoms with Crippen LogP contribution in [0.15, 0.2) is 54.7 Å². The van der Waals surface area contributed by atoms with Crippen molar-refractivity contribution in [2.75, 3.05) is 0 Å². The van der Waals surface area contributed by atoms with E-state index in [1.54, 1.807) is 11.0 Å². The van der Waals surface area contributed by atoms with Crippen LogP contribution in [0.1, 0.15) is 18.3 Å². The zero-order valence-corrected chi connectivity index (χ0v) is 12.6. The number of rotatable bonds is 6. The summed E-state index contributed by atoms with van der Waals surface area (Å²) in [6, 6.07) is 16.1. The lowest BCUT2D eigenvalue weighted by Gasteiger charge is -2.03. The van der Waals surface area contributed by atoms with Crippen LogP contribution in [0.3, 0.4) is 0 Å². The second-order valence-corrected chi connectivity index (χ2v) is 4.97. The average molecular weight is 293 g/mol. The minimum Gasteiger partial charge on any atom is -0.305 e. The van der Waals surface area contributed by atoms with Crippen LogP contribution in [-0.2, 0) is 19.6 Å². The largest absolute Gasteiger partial charge is 0.305 e. The minimum absolute atomic E-state index is 0.667. The smallest absolute Gasteiger partial charge is 0.117 e. The van der Waals surface area contributed by atoms with Crippen LogP contribution in [0, 0.1) is 0 Å². The Morgan fingerprint density at radius 3 is 2.50 bits per heavy atom. The van der Waals surface area contributed by atoms with E-state index in [-0.39, 0.29) is 0 Å². The van der Waals surface area contributed by atoms with E-state index in [0.717, 1.165) is 29.2 Å². The molecule has 2 heterocycles. The van der Waals surface area contributed by atoms with Gasteiger partial charge in [0.25, 0.3) is 0 Å². The summed E-state index contributed by atoms with van der Waals surface area (Å²) in [6.07, 6.45) is 1.81. The molecule has 0 aliphatic carbocycles. The van der Waals surface area contributed by atoms with Gasteiger partial charge in [-0.15, -0.1) is 0 Å². The van der Waals surface area contributed by atoms with Gasteiger partial charge in [0.05, 0.1) is 12.2 Å². The molecule has 0 aliphatic heterocycles. The number of benzene rings is 1. The molecule has 5 nitrogen and oxygen atoms in total. The van der Waals surface area contributed by atoms with E-state index in [1.165, 1.54) is 0 Å². The van der Waals surface area contributed by atoms with Gasteiger partial charge in [-0.3, -0.25) is 4.98 Å². The molecule has 3 rings (SSSR count). The molecule has 22 heavy (non-hydrogen) atoms. The first-order chi connectivity index (χ1) is 10.9. The van der Waals surface area contributed by atoms with Gasteiger partial charge in [-0.05, 0) is 19.1 Å². The van der Waals surface area contributed by atoms with Crippen LogP contribution >= 0.6 is 0 Å². The van der Waals surface area contributed by atoms with E-state index in [4.69, 9.17) is 0 Å². The van der Waals surface area contributed by atoms with E-state index in [2.05, 4.69) is 32.6 Å². The number of nitrogens with zero attached hydrogens (tertiary/aromatic N) is 4. The van der Waals surface area contributed by atoms with Crippen LogP contribution in [-0.4, -0.2) is 20.0 Å². The predicted octanol–water partition coefficient (Wildman–Crippen LogP) is 2.65. The SMILES string of the molecule is CCn1nc(CNCc2ccccn2)c(-c2ccccc2)n1. The number of pyridine rings is 1. The van der Waals surface area contributed by atoms with Crippen molar-refractivity contribution in [2.45, 2.75) is 26.6 Å². The van der Waals surface area contributed by atoms with Crippen molar-refractivity contribution in [3.05, 3.63) is 66.1 Å². The summed E-state index contributed by atoms with van der Waals surface area (Å²) >= 11 is 0. The van der Waals surface area contributed by atoms with Gasteiger partial charge in [0.15, 0.2) is 0 Å². The molecule has 0 spiro atoms. The predicted molar refractivity (Wildman–Crippen MR) is 85.9 cm³/mol. The van der Waals surface area contributed by atoms with Crippen molar-refractivity contribution in [1.82, 2.24) is 25.3 Å². The molecule has 2 aromatic heterocycles. The molecule has 0 amide bonds. The monoisotopic (exact) mass is 293 g/mol. The van der Waals surface area contributed by atoms with Gasteiger partial charge in [0.1, 0.15) is 11.4 Å². The molecule has 0 unspecified atom stereocenters. The van der Waals surface area contributed by atoms with Gasteiger partial charge < -0.3 is 5.32 Å². The molecule has 0 atom stereocenters. The number of aryl methyl sites for hydroxylation is 1. The second kappa shape index (κ2) is 6.95. The third kappa shape index (κ3) is 3.38. The molecular formula is C17H19N5. The van der Waals surface area contributed by atoms with Gasteiger partial charge >= 0.3 is 0 Å². The Morgan fingerprint density at radius 1 is 0.955 bits per heavy atom. The summed E-state index contributed by atoms with van der Waals surface area (Å²) in [5.74, 6) is 0. The molecule has 112 valence electrons. The summed E-state index contributed by atoms with van der Waals surface area (Å²) in [6.45, 7) is 4.19. The molecule has 5 heteroatoms. The van der Waals surface area contributed by atoms with Gasteiger partial charge in [0.2, 0.25) is 0 Å². The molecule has 0 aliphatic rings. The quantitative estimate of drug-likeness (QED) is 0.759. The molecule has 1 aromatic carbocycles. The molecule has 3 aromatic rings. The van der Waals surface area contributed by atoms with Gasteiger partial charge in [-0.2, -0.15) is 15.0 Å². The van der Waals surface area contributed by atoms with Gasteiger partial charge in [-0.25, -0.2) is 0 Å². The highest BCUT2D eigenvalue weighted by Gasteiger charge is 2.12. The first-order valence-electron chi connectivity index (χ1n) is 7.47. The third-order valence-electron chi connectivity index (χ3n) is 3.38. The average Bonchev–Trinajstić information content (AvgIpc) is 3.00. The van der Waals surface area contributed by atoms with E-state index >= 15 is 0 Å². The Bertz CT molecular complexity index is 706. The number of aromatic nitrogens is 4. The highest BCUT2D eigenvalue weighted by molar-refractivity contribution is 5.60. The van der Waals surface area contributed by atoms with Gasteiger partial charge in [-0.1, -0.05) is 36.4 Å². The molecular weight excluding hydrogens is 274 g/mol. The first kappa shape index (κ1) is 14.4. The molecule has 0 radical (unpaired) electrons. The van der Waals surface area contributed by atoms with Gasteiger partial charge in [0, 0.05) is 24.8 Å². The van der Waals surface area contributed by atoms with Crippen LogP contribution in [0.2, 0.25) is 0 Å². The second-order valence-electron chi connectivity index (χ2n) is 4.97. The van der Waals surface area contributed by atoms with Crippen molar-refractivity contribution in [1.29, 1.82) is 0 Å². The molecule has 0 saturated carbocycles. The standard InChI is InChI=1S/C17H19N5/c1-2-22-20-16(13-18-12-15-10-6-7-11-19-15)17(21-22)14-8-4-3-5-9-14/h3-11,18H,2,12-13H2,1H3. The lowest BCUT2D eigenvalue weighted by Crippen LogP contribution is -2.14. The lowest BCUT2D eigenvalue weighted by molar-refractivity contribution is 0.557. The maximum Gasteiger partial charge on any atom is 0.117 e. The Balaban J connectivity index is 1.74. The Morgan fingerprint density at radius 2 is 1.77 bits per heavy atom. The number of hydrogen-bond donors (Lipinski definition) is 1. The molecule has 1 N–H and O–H groups in total. The fraction of sp³-hybridized carbons (Fsp3) is 0.235. The fourth-order valence-electron chi connectivity index (χ4n) is 2.27. The maximum atomic E-state index is 4.57. The zero-order valence-electron chi connectivity index (χ0n) is 12.6. The number of nitrogens with one attached hydrogen (secondary N) is 1. The van der Waals surface area contributed by atoms with E-state index < -0.39 is 0 Å². The topological polar surface area (TPSA) is 55.6 Å². The summed E-state index contributed by atoms with van der Waals surface area (Å²) in [7, 11) is 0. The Kier molecular flexibility index (Phi) is 4.56. The van der Waals surface area contributed by atoms with Crippen molar-refractivity contribution in [3.63, 3.8) is 0 Å². The van der Waals surface area contributed by atoms with Crippen LogP contribution in [0.4, 0.5) is 0 Å². The van der Waals surface area contributed by atoms with Crippen molar-refractivity contribution >= 4 is 0 Å². The normalized spacial score (nSPS) is 10.8. The maximum absolute atomic E-state index is 4.57. The highest BCUT2D eigenvalue weighted by Crippen LogP contribution is 2.19. The van der Waals surface area contributed by atoms with Crippen LogP contribution < -0.4 is 5.32 Å². The number of hydrogen-bond acceptors (Lipinski definition) is 4. The lowest BCUT2D eigenvalue weighted by atomic mass is 10.1. The summed E-state index contributed by atoms with van der Waals surface area (Å²) in [4.78, 5) is 6.04. The highest BCUT2D eigenvalue weighted by atomic mass is 15.5. The molecule has 0 bridgehead atoms. The molecule has 0 fully saturated rings. The summed E-state index contributed by atoms with van der Waals surface area (Å²) in [5, 5.41) is 12.5.